The number of halogens is 3. The average molecular weight is 594 g/mol. The van der Waals surface area contributed by atoms with Crippen molar-refractivity contribution in [2.24, 2.45) is 0 Å². The molecule has 1 fully saturated rings. The summed E-state index contributed by atoms with van der Waals surface area (Å²) in [5.41, 5.74) is 0.409. The minimum atomic E-state index is -4.72. The summed E-state index contributed by atoms with van der Waals surface area (Å²) in [7, 11) is -1.82. The van der Waals surface area contributed by atoms with E-state index in [1.54, 1.807) is 0 Å². The first-order valence-electron chi connectivity index (χ1n) is 12.6. The average Bonchev–Trinajstić information content (AvgIpc) is 2.98. The predicted molar refractivity (Wildman–Crippen MR) is 147 cm³/mol. The van der Waals surface area contributed by atoms with E-state index in [0.29, 0.717) is 23.6 Å². The molecule has 4 rings (SSSR count). The lowest BCUT2D eigenvalue weighted by atomic mass is 10.2. The van der Waals surface area contributed by atoms with Crippen molar-refractivity contribution in [3.05, 3.63) is 77.9 Å². The van der Waals surface area contributed by atoms with E-state index in [9.17, 15) is 26.4 Å². The van der Waals surface area contributed by atoms with Gasteiger partial charge in [0.2, 0.25) is 5.91 Å². The van der Waals surface area contributed by atoms with E-state index >= 15 is 0 Å². The minimum Gasteiger partial charge on any atom is -0.493 e. The quantitative estimate of drug-likeness (QED) is 0.379. The minimum absolute atomic E-state index is 0.0923. The number of carbonyl (C=O) groups is 1. The maximum absolute atomic E-state index is 13.7. The number of carbonyl (C=O) groups excluding carboxylic acids is 1. The zero-order valence-corrected chi connectivity index (χ0v) is 23.3. The van der Waals surface area contributed by atoms with Gasteiger partial charge in [0.1, 0.15) is 6.54 Å². The molecule has 13 heteroatoms. The molecule has 220 valence electrons. The highest BCUT2D eigenvalue weighted by Gasteiger charge is 2.33. The van der Waals surface area contributed by atoms with Gasteiger partial charge in [-0.2, -0.15) is 13.2 Å². The van der Waals surface area contributed by atoms with Crippen LogP contribution in [0.2, 0.25) is 0 Å². The Bertz CT molecular complexity index is 1460. The molecule has 41 heavy (non-hydrogen) atoms. The molecule has 1 heterocycles. The number of rotatable bonds is 10. The number of methoxy groups -OCH3 is 2. The van der Waals surface area contributed by atoms with Gasteiger partial charge in [0, 0.05) is 31.4 Å². The van der Waals surface area contributed by atoms with Crippen molar-refractivity contribution < 1.29 is 40.6 Å². The summed E-state index contributed by atoms with van der Waals surface area (Å²) in [6.07, 6.45) is -4.72. The second-order valence-corrected chi connectivity index (χ2v) is 11.0. The maximum atomic E-state index is 13.7. The third-order valence-corrected chi connectivity index (χ3v) is 8.26. The monoisotopic (exact) mass is 593 g/mol. The number of morpholine rings is 1. The molecule has 0 bridgehead atoms. The van der Waals surface area contributed by atoms with E-state index in [0.717, 1.165) is 36.5 Å². The van der Waals surface area contributed by atoms with E-state index in [1.807, 2.05) is 24.3 Å². The third kappa shape index (κ3) is 7.22. The molecule has 1 saturated heterocycles. The Morgan fingerprint density at radius 3 is 2.29 bits per heavy atom. The molecule has 1 N–H and O–H groups in total. The first-order valence-corrected chi connectivity index (χ1v) is 14.1. The smallest absolute Gasteiger partial charge is 0.416 e. The Hall–Kier alpha value is -3.97. The topological polar surface area (TPSA) is 97.4 Å². The summed E-state index contributed by atoms with van der Waals surface area (Å²) in [6.45, 7) is 2.17. The van der Waals surface area contributed by atoms with Gasteiger partial charge in [-0.15, -0.1) is 0 Å². The summed E-state index contributed by atoms with van der Waals surface area (Å²) >= 11 is 0. The van der Waals surface area contributed by atoms with Crippen molar-refractivity contribution in [3.63, 3.8) is 0 Å². The molecule has 0 aliphatic carbocycles. The highest BCUT2D eigenvalue weighted by Crippen LogP contribution is 2.35. The van der Waals surface area contributed by atoms with Crippen LogP contribution in [0.5, 0.6) is 11.5 Å². The molecule has 0 unspecified atom stereocenters. The normalized spacial score (nSPS) is 13.9. The molecule has 1 aliphatic rings. The van der Waals surface area contributed by atoms with E-state index < -0.39 is 34.2 Å². The summed E-state index contributed by atoms with van der Waals surface area (Å²) < 4.78 is 84.2. The number of hydrogen-bond donors (Lipinski definition) is 1. The molecular weight excluding hydrogens is 563 g/mol. The Morgan fingerprint density at radius 1 is 0.976 bits per heavy atom. The molecule has 3 aromatic carbocycles. The number of anilines is 2. The van der Waals surface area contributed by atoms with Crippen LogP contribution >= 0.6 is 0 Å². The first-order chi connectivity index (χ1) is 19.5. The second kappa shape index (κ2) is 12.7. The Morgan fingerprint density at radius 2 is 1.66 bits per heavy atom. The van der Waals surface area contributed by atoms with Crippen molar-refractivity contribution in [2.45, 2.75) is 17.6 Å². The van der Waals surface area contributed by atoms with E-state index in [2.05, 4.69) is 10.2 Å². The van der Waals surface area contributed by atoms with Crippen LogP contribution in [0.3, 0.4) is 0 Å². The van der Waals surface area contributed by atoms with Crippen LogP contribution in [-0.4, -0.2) is 61.4 Å². The molecule has 0 aromatic heterocycles. The standard InChI is InChI=1S/C28H30F3N3O6S/c1-38-25-11-10-24(17-26(25)39-2)41(36,37)34(23-5-3-4-21(16-23)28(29,30)31)19-27(35)32-18-20-6-8-22(9-7-20)33-12-14-40-15-13-33/h3-11,16-17H,12-15,18-19H2,1-2H3,(H,32,35). The van der Waals surface area contributed by atoms with Gasteiger partial charge in [-0.1, -0.05) is 18.2 Å². The SMILES string of the molecule is COc1ccc(S(=O)(=O)N(CC(=O)NCc2ccc(N3CCOCC3)cc2)c2cccc(C(F)(F)F)c2)cc1OC. The number of sulfonamides is 1. The van der Waals surface area contributed by atoms with Crippen molar-refractivity contribution >= 4 is 27.3 Å². The predicted octanol–water partition coefficient (Wildman–Crippen LogP) is 4.07. The molecule has 0 saturated carbocycles. The lowest BCUT2D eigenvalue weighted by molar-refractivity contribution is -0.137. The van der Waals surface area contributed by atoms with Crippen LogP contribution in [0.25, 0.3) is 0 Å². The van der Waals surface area contributed by atoms with Crippen LogP contribution in [0.15, 0.2) is 71.6 Å². The molecular formula is C28H30F3N3O6S. The lowest BCUT2D eigenvalue weighted by Gasteiger charge is -2.29. The largest absolute Gasteiger partial charge is 0.493 e. The number of nitrogens with one attached hydrogen (secondary N) is 1. The van der Waals surface area contributed by atoms with Gasteiger partial charge >= 0.3 is 6.18 Å². The van der Waals surface area contributed by atoms with Crippen molar-refractivity contribution in [2.75, 3.05) is 56.3 Å². The van der Waals surface area contributed by atoms with E-state index in [1.165, 1.54) is 38.5 Å². The van der Waals surface area contributed by atoms with Gasteiger partial charge in [0.05, 0.1) is 43.6 Å². The number of benzene rings is 3. The van der Waals surface area contributed by atoms with Crippen molar-refractivity contribution in [1.82, 2.24) is 5.32 Å². The summed E-state index contributed by atoms with van der Waals surface area (Å²) in [5.74, 6) is -0.347. The zero-order valence-electron chi connectivity index (χ0n) is 22.5. The van der Waals surface area contributed by atoms with Gasteiger partial charge in [0.15, 0.2) is 11.5 Å². The number of hydrogen-bond acceptors (Lipinski definition) is 7. The third-order valence-electron chi connectivity index (χ3n) is 6.49. The number of nitrogens with zero attached hydrogens (tertiary/aromatic N) is 2. The summed E-state index contributed by atoms with van der Waals surface area (Å²) in [5, 5.41) is 2.66. The molecule has 9 nitrogen and oxygen atoms in total. The van der Waals surface area contributed by atoms with Crippen LogP contribution in [-0.2, 0) is 32.3 Å². The fourth-order valence-electron chi connectivity index (χ4n) is 4.29. The molecule has 1 aliphatic heterocycles. The molecule has 0 atom stereocenters. The molecule has 0 spiro atoms. The Kier molecular flexibility index (Phi) is 9.28. The fourth-order valence-corrected chi connectivity index (χ4v) is 5.72. The second-order valence-electron chi connectivity index (χ2n) is 9.12. The number of alkyl halides is 3. The summed E-state index contributed by atoms with van der Waals surface area (Å²) in [6, 6.07) is 15.1. The van der Waals surface area contributed by atoms with Gasteiger partial charge in [-0.3, -0.25) is 9.10 Å². The lowest BCUT2D eigenvalue weighted by Crippen LogP contribution is -2.40. The van der Waals surface area contributed by atoms with E-state index in [-0.39, 0.29) is 28.6 Å². The van der Waals surface area contributed by atoms with Gasteiger partial charge in [0.25, 0.3) is 10.0 Å². The van der Waals surface area contributed by atoms with Gasteiger partial charge in [-0.05, 0) is 48.0 Å². The molecule has 1 amide bonds. The first kappa shape index (κ1) is 30.0. The van der Waals surface area contributed by atoms with Crippen LogP contribution < -0.4 is 24.0 Å². The summed E-state index contributed by atoms with van der Waals surface area (Å²) in [4.78, 5) is 14.9. The maximum Gasteiger partial charge on any atom is 0.416 e. The van der Waals surface area contributed by atoms with Gasteiger partial charge in [-0.25, -0.2) is 8.42 Å². The highest BCUT2D eigenvalue weighted by atomic mass is 32.2. The van der Waals surface area contributed by atoms with Gasteiger partial charge < -0.3 is 24.4 Å². The van der Waals surface area contributed by atoms with Crippen LogP contribution in [0, 0.1) is 0 Å². The zero-order chi connectivity index (χ0) is 29.6. The van der Waals surface area contributed by atoms with Crippen LogP contribution in [0.4, 0.5) is 24.5 Å². The Balaban J connectivity index is 1.57. The van der Waals surface area contributed by atoms with Crippen LogP contribution in [0.1, 0.15) is 11.1 Å². The van der Waals surface area contributed by atoms with E-state index in [4.69, 9.17) is 14.2 Å². The van der Waals surface area contributed by atoms with Crippen molar-refractivity contribution in [3.8, 4) is 11.5 Å². The Labute approximate surface area is 236 Å². The van der Waals surface area contributed by atoms with Crippen molar-refractivity contribution in [1.29, 1.82) is 0 Å². The number of amides is 1. The fraction of sp³-hybridized carbons (Fsp3) is 0.321. The number of ether oxygens (including phenoxy) is 3. The molecule has 0 radical (unpaired) electrons. The highest BCUT2D eigenvalue weighted by molar-refractivity contribution is 7.92. The molecule has 3 aromatic rings.